The molecule has 2 rings (SSSR count). The second-order valence-corrected chi connectivity index (χ2v) is 5.37. The van der Waals surface area contributed by atoms with Gasteiger partial charge < -0.3 is 15.0 Å². The molecule has 1 atom stereocenters. The highest BCUT2D eigenvalue weighted by atomic mass is 16.5. The highest BCUT2D eigenvalue weighted by molar-refractivity contribution is 5.74. The lowest BCUT2D eigenvalue weighted by atomic mass is 10.1. The number of aromatic nitrogens is 2. The molecule has 1 aliphatic rings. The molecule has 1 saturated heterocycles. The van der Waals surface area contributed by atoms with E-state index < -0.39 is 0 Å². The number of ether oxygens (including phenoxy) is 1. The molecule has 0 aromatic carbocycles. The zero-order valence-corrected chi connectivity index (χ0v) is 12.3. The van der Waals surface area contributed by atoms with Gasteiger partial charge in [0.25, 0.3) is 0 Å². The van der Waals surface area contributed by atoms with E-state index in [-0.39, 0.29) is 18.2 Å². The second kappa shape index (κ2) is 6.54. The van der Waals surface area contributed by atoms with Crippen LogP contribution in [-0.4, -0.2) is 46.1 Å². The first-order valence-corrected chi connectivity index (χ1v) is 7.06. The van der Waals surface area contributed by atoms with Gasteiger partial charge in [-0.3, -0.25) is 0 Å². The number of nitrogens with zero attached hydrogens (tertiary/aromatic N) is 3. The van der Waals surface area contributed by atoms with Gasteiger partial charge in [0.15, 0.2) is 0 Å². The Morgan fingerprint density at radius 3 is 3.05 bits per heavy atom. The molecular weight excluding hydrogens is 256 g/mol. The standard InChI is InChI=1S/C14H22N4O2/c1-10(2)16-14(19)18-8-4-5-12(9-18)20-13-6-7-15-11(3)17-13/h6-7,10,12H,4-5,8-9H2,1-3H3,(H,16,19). The zero-order valence-electron chi connectivity index (χ0n) is 12.3. The Kier molecular flexibility index (Phi) is 4.76. The maximum absolute atomic E-state index is 12.0. The first-order chi connectivity index (χ1) is 9.54. The molecule has 2 amide bonds. The summed E-state index contributed by atoms with van der Waals surface area (Å²) in [5, 5.41) is 2.91. The van der Waals surface area contributed by atoms with Gasteiger partial charge in [-0.25, -0.2) is 9.78 Å². The van der Waals surface area contributed by atoms with Gasteiger partial charge in [0.2, 0.25) is 5.88 Å². The number of amides is 2. The number of urea groups is 1. The Morgan fingerprint density at radius 2 is 2.35 bits per heavy atom. The van der Waals surface area contributed by atoms with Crippen LogP contribution in [0.25, 0.3) is 0 Å². The number of nitrogens with one attached hydrogen (secondary N) is 1. The molecule has 0 spiro atoms. The van der Waals surface area contributed by atoms with E-state index in [1.807, 2.05) is 25.7 Å². The van der Waals surface area contributed by atoms with Crippen LogP contribution in [0.5, 0.6) is 5.88 Å². The quantitative estimate of drug-likeness (QED) is 0.914. The Labute approximate surface area is 119 Å². The fraction of sp³-hybridized carbons (Fsp3) is 0.643. The largest absolute Gasteiger partial charge is 0.472 e. The normalized spacial score (nSPS) is 19.0. The topological polar surface area (TPSA) is 67.3 Å². The Morgan fingerprint density at radius 1 is 1.55 bits per heavy atom. The van der Waals surface area contributed by atoms with E-state index >= 15 is 0 Å². The first kappa shape index (κ1) is 14.6. The summed E-state index contributed by atoms with van der Waals surface area (Å²) in [7, 11) is 0. The molecule has 0 saturated carbocycles. The van der Waals surface area contributed by atoms with E-state index in [4.69, 9.17) is 4.74 Å². The number of likely N-dealkylation sites (tertiary alicyclic amines) is 1. The van der Waals surface area contributed by atoms with E-state index in [2.05, 4.69) is 15.3 Å². The van der Waals surface area contributed by atoms with Crippen molar-refractivity contribution >= 4 is 6.03 Å². The number of hydrogen-bond acceptors (Lipinski definition) is 4. The number of rotatable bonds is 3. The molecule has 1 unspecified atom stereocenters. The lowest BCUT2D eigenvalue weighted by Crippen LogP contribution is -2.50. The van der Waals surface area contributed by atoms with Gasteiger partial charge in [-0.15, -0.1) is 0 Å². The minimum Gasteiger partial charge on any atom is -0.472 e. The molecule has 2 heterocycles. The third kappa shape index (κ3) is 4.08. The van der Waals surface area contributed by atoms with E-state index in [1.165, 1.54) is 0 Å². The van der Waals surface area contributed by atoms with Gasteiger partial charge in [-0.2, -0.15) is 4.98 Å². The van der Waals surface area contributed by atoms with Crippen LogP contribution in [0.4, 0.5) is 4.79 Å². The van der Waals surface area contributed by atoms with E-state index in [9.17, 15) is 4.79 Å². The fourth-order valence-electron chi connectivity index (χ4n) is 2.23. The van der Waals surface area contributed by atoms with Crippen molar-refractivity contribution < 1.29 is 9.53 Å². The highest BCUT2D eigenvalue weighted by Crippen LogP contribution is 2.16. The third-order valence-electron chi connectivity index (χ3n) is 3.12. The molecule has 1 aliphatic heterocycles. The van der Waals surface area contributed by atoms with Gasteiger partial charge in [0, 0.05) is 24.8 Å². The van der Waals surface area contributed by atoms with Gasteiger partial charge in [0.05, 0.1) is 6.54 Å². The number of hydrogen-bond donors (Lipinski definition) is 1. The molecular formula is C14H22N4O2. The van der Waals surface area contributed by atoms with E-state index in [1.54, 1.807) is 12.3 Å². The molecule has 1 aromatic rings. The highest BCUT2D eigenvalue weighted by Gasteiger charge is 2.25. The van der Waals surface area contributed by atoms with Crippen LogP contribution < -0.4 is 10.1 Å². The lowest BCUT2D eigenvalue weighted by molar-refractivity contribution is 0.0968. The number of carbonyl (C=O) groups excluding carboxylic acids is 1. The second-order valence-electron chi connectivity index (χ2n) is 5.37. The van der Waals surface area contributed by atoms with Gasteiger partial charge in [0.1, 0.15) is 11.9 Å². The third-order valence-corrected chi connectivity index (χ3v) is 3.12. The average molecular weight is 278 g/mol. The zero-order chi connectivity index (χ0) is 14.5. The van der Waals surface area contributed by atoms with Gasteiger partial charge in [-0.1, -0.05) is 0 Å². The molecule has 0 bridgehead atoms. The smallest absolute Gasteiger partial charge is 0.317 e. The minimum atomic E-state index is -0.0211. The van der Waals surface area contributed by atoms with E-state index in [0.29, 0.717) is 18.2 Å². The average Bonchev–Trinajstić information content (AvgIpc) is 2.38. The molecule has 1 fully saturated rings. The SMILES string of the molecule is Cc1nccc(OC2CCCN(C(=O)NC(C)C)C2)n1. The number of aryl methyl sites for hydroxylation is 1. The summed E-state index contributed by atoms with van der Waals surface area (Å²) in [4.78, 5) is 22.1. The summed E-state index contributed by atoms with van der Waals surface area (Å²) in [5.74, 6) is 1.27. The molecule has 1 aromatic heterocycles. The van der Waals surface area contributed by atoms with Crippen LogP contribution in [0.15, 0.2) is 12.3 Å². The molecule has 20 heavy (non-hydrogen) atoms. The lowest BCUT2D eigenvalue weighted by Gasteiger charge is -2.33. The van der Waals surface area contributed by atoms with Crippen molar-refractivity contribution in [2.24, 2.45) is 0 Å². The molecule has 1 N–H and O–H groups in total. The Bertz CT molecular complexity index is 464. The van der Waals surface area contributed by atoms with Crippen molar-refractivity contribution in [1.29, 1.82) is 0 Å². The monoisotopic (exact) mass is 278 g/mol. The van der Waals surface area contributed by atoms with Gasteiger partial charge in [-0.05, 0) is 33.6 Å². The van der Waals surface area contributed by atoms with Crippen LogP contribution in [0.1, 0.15) is 32.5 Å². The molecule has 6 heteroatoms. The predicted molar refractivity (Wildman–Crippen MR) is 75.7 cm³/mol. The predicted octanol–water partition coefficient (Wildman–Crippen LogP) is 1.75. The summed E-state index contributed by atoms with van der Waals surface area (Å²) < 4.78 is 5.85. The fourth-order valence-corrected chi connectivity index (χ4v) is 2.23. The van der Waals surface area contributed by atoms with Crippen molar-refractivity contribution in [3.05, 3.63) is 18.1 Å². The molecule has 110 valence electrons. The van der Waals surface area contributed by atoms with Crippen LogP contribution in [0.3, 0.4) is 0 Å². The van der Waals surface area contributed by atoms with Gasteiger partial charge >= 0.3 is 6.03 Å². The molecule has 6 nitrogen and oxygen atoms in total. The summed E-state index contributed by atoms with van der Waals surface area (Å²) in [6.45, 7) is 7.12. The van der Waals surface area contributed by atoms with Crippen molar-refractivity contribution in [1.82, 2.24) is 20.2 Å². The molecule has 0 aliphatic carbocycles. The summed E-state index contributed by atoms with van der Waals surface area (Å²) in [6.07, 6.45) is 3.56. The summed E-state index contributed by atoms with van der Waals surface area (Å²) in [6, 6.07) is 1.88. The summed E-state index contributed by atoms with van der Waals surface area (Å²) in [5.41, 5.74) is 0. The van der Waals surface area contributed by atoms with E-state index in [0.717, 1.165) is 19.4 Å². The number of carbonyl (C=O) groups is 1. The number of piperidine rings is 1. The van der Waals surface area contributed by atoms with Crippen LogP contribution in [-0.2, 0) is 0 Å². The Hall–Kier alpha value is -1.85. The van der Waals surface area contributed by atoms with Crippen molar-refractivity contribution in [3.63, 3.8) is 0 Å². The Balaban J connectivity index is 1.92. The summed E-state index contributed by atoms with van der Waals surface area (Å²) >= 11 is 0. The first-order valence-electron chi connectivity index (χ1n) is 7.06. The van der Waals surface area contributed by atoms with Crippen LogP contribution in [0.2, 0.25) is 0 Å². The van der Waals surface area contributed by atoms with Crippen molar-refractivity contribution in [3.8, 4) is 5.88 Å². The maximum atomic E-state index is 12.0. The molecule has 0 radical (unpaired) electrons. The minimum absolute atomic E-state index is 0.00374. The maximum Gasteiger partial charge on any atom is 0.317 e. The van der Waals surface area contributed by atoms with Crippen molar-refractivity contribution in [2.45, 2.75) is 45.8 Å². The van der Waals surface area contributed by atoms with Crippen LogP contribution >= 0.6 is 0 Å². The van der Waals surface area contributed by atoms with Crippen molar-refractivity contribution in [2.75, 3.05) is 13.1 Å². The van der Waals surface area contributed by atoms with Crippen LogP contribution in [0, 0.1) is 6.92 Å².